The third kappa shape index (κ3) is 10.0. The lowest BCUT2D eigenvalue weighted by molar-refractivity contribution is 0.0691. The van der Waals surface area contributed by atoms with Crippen LogP contribution in [0.4, 0.5) is 0 Å². The first kappa shape index (κ1) is 13.1. The monoisotopic (exact) mass is 206 g/mol. The van der Waals surface area contributed by atoms with E-state index in [1.807, 2.05) is 7.11 Å². The maximum absolute atomic E-state index is 5.34. The number of rotatable bonds is 9. The lowest BCUT2D eigenvalue weighted by Crippen LogP contribution is -2.10. The molecule has 0 aliphatic heterocycles. The molecular formula is C9H22O3Si. The van der Waals surface area contributed by atoms with Gasteiger partial charge in [-0.2, -0.15) is 0 Å². The van der Waals surface area contributed by atoms with Crippen molar-refractivity contribution in [2.75, 3.05) is 34.0 Å². The molecule has 1 atom stereocenters. The van der Waals surface area contributed by atoms with Gasteiger partial charge in [-0.3, -0.25) is 0 Å². The van der Waals surface area contributed by atoms with Crippen LogP contribution in [0.3, 0.4) is 0 Å². The summed E-state index contributed by atoms with van der Waals surface area (Å²) in [7, 11) is 2.67. The molecule has 1 unspecified atom stereocenters. The van der Waals surface area contributed by atoms with Crippen LogP contribution in [0, 0.1) is 0 Å². The minimum absolute atomic E-state index is 0.698. The molecule has 0 bridgehead atoms. The van der Waals surface area contributed by atoms with Crippen LogP contribution in [-0.4, -0.2) is 43.1 Å². The molecule has 0 spiro atoms. The van der Waals surface area contributed by atoms with E-state index in [0.717, 1.165) is 13.0 Å². The Balaban J connectivity index is 2.91. The highest BCUT2D eigenvalue weighted by molar-refractivity contribution is 6.50. The maximum atomic E-state index is 5.34. The van der Waals surface area contributed by atoms with Crippen LogP contribution in [0.15, 0.2) is 0 Å². The average molecular weight is 206 g/mol. The lowest BCUT2D eigenvalue weighted by atomic mass is 10.4. The van der Waals surface area contributed by atoms with Gasteiger partial charge >= 0.3 is 0 Å². The van der Waals surface area contributed by atoms with Gasteiger partial charge in [0.25, 0.3) is 0 Å². The number of ether oxygens (including phenoxy) is 2. The van der Waals surface area contributed by atoms with E-state index >= 15 is 0 Å². The Morgan fingerprint density at radius 2 is 1.77 bits per heavy atom. The molecule has 4 heteroatoms. The summed E-state index contributed by atoms with van der Waals surface area (Å²) >= 11 is 0. The summed E-state index contributed by atoms with van der Waals surface area (Å²) in [5.41, 5.74) is 0. The molecular weight excluding hydrogens is 184 g/mol. The van der Waals surface area contributed by atoms with E-state index in [9.17, 15) is 0 Å². The summed E-state index contributed by atoms with van der Waals surface area (Å²) in [5.74, 6) is 0. The summed E-state index contributed by atoms with van der Waals surface area (Å²) in [5, 5.41) is 0. The van der Waals surface area contributed by atoms with Crippen molar-refractivity contribution in [3.05, 3.63) is 0 Å². The summed E-state index contributed by atoms with van der Waals surface area (Å²) < 4.78 is 15.5. The molecule has 0 aliphatic rings. The van der Waals surface area contributed by atoms with Gasteiger partial charge in [-0.15, -0.1) is 0 Å². The predicted octanol–water partition coefficient (Wildman–Crippen LogP) is 1.43. The van der Waals surface area contributed by atoms with Crippen molar-refractivity contribution in [2.45, 2.75) is 25.4 Å². The van der Waals surface area contributed by atoms with Crippen molar-refractivity contribution in [3.8, 4) is 0 Å². The number of hydrogen-bond donors (Lipinski definition) is 0. The van der Waals surface area contributed by atoms with Crippen molar-refractivity contribution >= 4 is 9.04 Å². The van der Waals surface area contributed by atoms with Crippen LogP contribution < -0.4 is 0 Å². The first-order valence-corrected chi connectivity index (χ1v) is 7.35. The first-order chi connectivity index (χ1) is 6.31. The van der Waals surface area contributed by atoms with Gasteiger partial charge in [0, 0.05) is 20.8 Å². The lowest BCUT2D eigenvalue weighted by Gasteiger charge is -2.07. The second-order valence-corrected chi connectivity index (χ2v) is 5.82. The Hall–Kier alpha value is 0.0969. The molecule has 0 saturated heterocycles. The van der Waals surface area contributed by atoms with Crippen LogP contribution in [0.5, 0.6) is 0 Å². The van der Waals surface area contributed by atoms with Crippen LogP contribution in [0.25, 0.3) is 0 Å². The SMILES string of the molecule is COCCOCCCC[SiH](C)OC. The fourth-order valence-electron chi connectivity index (χ4n) is 0.998. The molecule has 3 nitrogen and oxygen atoms in total. The van der Waals surface area contributed by atoms with Gasteiger partial charge in [0.1, 0.15) is 0 Å². The number of methoxy groups -OCH3 is 1. The van der Waals surface area contributed by atoms with Gasteiger partial charge in [0.15, 0.2) is 9.04 Å². The van der Waals surface area contributed by atoms with Gasteiger partial charge in [-0.1, -0.05) is 6.42 Å². The fourth-order valence-corrected chi connectivity index (χ4v) is 2.10. The Morgan fingerprint density at radius 1 is 1.00 bits per heavy atom. The van der Waals surface area contributed by atoms with E-state index in [4.69, 9.17) is 13.9 Å². The molecule has 13 heavy (non-hydrogen) atoms. The Kier molecular flexibility index (Phi) is 10.3. The van der Waals surface area contributed by atoms with Crippen LogP contribution in [0.2, 0.25) is 12.6 Å². The second kappa shape index (κ2) is 10.2. The molecule has 0 N–H and O–H groups in total. The average Bonchev–Trinajstić information content (AvgIpc) is 2.16. The molecule has 0 aliphatic carbocycles. The summed E-state index contributed by atoms with van der Waals surface area (Å²) in [6.45, 7) is 4.50. The normalized spacial score (nSPS) is 13.2. The van der Waals surface area contributed by atoms with Crippen molar-refractivity contribution < 1.29 is 13.9 Å². The van der Waals surface area contributed by atoms with Gasteiger partial charge in [-0.25, -0.2) is 0 Å². The molecule has 0 heterocycles. The predicted molar refractivity (Wildman–Crippen MR) is 56.8 cm³/mol. The van der Waals surface area contributed by atoms with Crippen LogP contribution in [0.1, 0.15) is 12.8 Å². The molecule has 0 fully saturated rings. The number of unbranched alkanes of at least 4 members (excludes halogenated alkanes) is 1. The molecule has 0 amide bonds. The molecule has 0 saturated carbocycles. The highest BCUT2D eigenvalue weighted by atomic mass is 28.3. The van der Waals surface area contributed by atoms with E-state index in [2.05, 4.69) is 6.55 Å². The van der Waals surface area contributed by atoms with E-state index < -0.39 is 9.04 Å². The van der Waals surface area contributed by atoms with Gasteiger partial charge in [-0.05, 0) is 19.0 Å². The molecule has 0 rings (SSSR count). The highest BCUT2D eigenvalue weighted by Gasteiger charge is 2.00. The van der Waals surface area contributed by atoms with Crippen molar-refractivity contribution in [1.82, 2.24) is 0 Å². The van der Waals surface area contributed by atoms with Crippen molar-refractivity contribution in [2.24, 2.45) is 0 Å². The van der Waals surface area contributed by atoms with Crippen molar-refractivity contribution in [1.29, 1.82) is 0 Å². The quantitative estimate of drug-likeness (QED) is 0.422. The van der Waals surface area contributed by atoms with Crippen LogP contribution >= 0.6 is 0 Å². The van der Waals surface area contributed by atoms with E-state index in [0.29, 0.717) is 13.2 Å². The van der Waals surface area contributed by atoms with Gasteiger partial charge < -0.3 is 13.9 Å². The first-order valence-electron chi connectivity index (χ1n) is 4.90. The highest BCUT2D eigenvalue weighted by Crippen LogP contribution is 2.01. The largest absolute Gasteiger partial charge is 0.423 e. The molecule has 0 aromatic carbocycles. The number of hydrogen-bond acceptors (Lipinski definition) is 3. The molecule has 0 aromatic rings. The topological polar surface area (TPSA) is 27.7 Å². The molecule has 0 aromatic heterocycles. The minimum atomic E-state index is -0.826. The van der Waals surface area contributed by atoms with Gasteiger partial charge in [0.2, 0.25) is 0 Å². The Morgan fingerprint density at radius 3 is 2.38 bits per heavy atom. The van der Waals surface area contributed by atoms with Crippen molar-refractivity contribution in [3.63, 3.8) is 0 Å². The van der Waals surface area contributed by atoms with E-state index in [1.54, 1.807) is 7.11 Å². The third-order valence-electron chi connectivity index (χ3n) is 1.98. The Bertz CT molecular complexity index is 101. The zero-order valence-electron chi connectivity index (χ0n) is 9.04. The molecule has 0 radical (unpaired) electrons. The minimum Gasteiger partial charge on any atom is -0.423 e. The van der Waals surface area contributed by atoms with Crippen LogP contribution in [-0.2, 0) is 13.9 Å². The Labute approximate surface area is 83.1 Å². The fraction of sp³-hybridized carbons (Fsp3) is 1.00. The van der Waals surface area contributed by atoms with E-state index in [-0.39, 0.29) is 0 Å². The third-order valence-corrected chi connectivity index (χ3v) is 4.01. The standard InChI is InChI=1S/C9H22O3Si/c1-10-7-8-12-6-4-5-9-13(3)11-2/h13H,4-9H2,1-3H3. The zero-order chi connectivity index (χ0) is 9.94. The second-order valence-electron chi connectivity index (χ2n) is 3.15. The summed E-state index contributed by atoms with van der Waals surface area (Å²) in [4.78, 5) is 0. The maximum Gasteiger partial charge on any atom is 0.173 e. The van der Waals surface area contributed by atoms with E-state index in [1.165, 1.54) is 12.5 Å². The van der Waals surface area contributed by atoms with Gasteiger partial charge in [0.05, 0.1) is 13.2 Å². The molecule has 80 valence electrons. The summed E-state index contributed by atoms with van der Waals surface area (Å²) in [6.07, 6.45) is 2.37. The summed E-state index contributed by atoms with van der Waals surface area (Å²) in [6, 6.07) is 1.25. The zero-order valence-corrected chi connectivity index (χ0v) is 10.2. The smallest absolute Gasteiger partial charge is 0.173 e.